The first-order chi connectivity index (χ1) is 17.2. The highest BCUT2D eigenvalue weighted by Gasteiger charge is 2.34. The van der Waals surface area contributed by atoms with Crippen LogP contribution in [0.2, 0.25) is 0 Å². The molecule has 0 bridgehead atoms. The molecular weight excluding hydrogens is 442 g/mol. The number of carbonyl (C=O) groups is 2. The summed E-state index contributed by atoms with van der Waals surface area (Å²) >= 11 is 0. The van der Waals surface area contributed by atoms with Crippen LogP contribution in [-0.4, -0.2) is 57.3 Å². The number of aromatic nitrogens is 3. The van der Waals surface area contributed by atoms with Crippen molar-refractivity contribution < 1.29 is 14.3 Å². The maximum atomic E-state index is 13.2. The third-order valence-corrected chi connectivity index (χ3v) is 6.72. The molecule has 8 nitrogen and oxygen atoms in total. The Labute approximate surface area is 205 Å². The molecule has 1 fully saturated rings. The van der Waals surface area contributed by atoms with E-state index < -0.39 is 0 Å². The van der Waals surface area contributed by atoms with E-state index >= 15 is 0 Å². The highest BCUT2D eigenvalue weighted by Crippen LogP contribution is 2.26. The van der Waals surface area contributed by atoms with Gasteiger partial charge in [0, 0.05) is 56.3 Å². The third-order valence-electron chi connectivity index (χ3n) is 6.72. The Bertz CT molecular complexity index is 1160. The van der Waals surface area contributed by atoms with E-state index in [2.05, 4.69) is 22.4 Å². The van der Waals surface area contributed by atoms with Gasteiger partial charge < -0.3 is 15.0 Å². The quantitative estimate of drug-likeness (QED) is 0.508. The van der Waals surface area contributed by atoms with E-state index in [-0.39, 0.29) is 17.9 Å². The fourth-order valence-corrected chi connectivity index (χ4v) is 4.85. The standard InChI is InChI=1S/C27H31N5O3/c33-26(29-13-4-8-20-6-2-1-3-7-20)25-22-19-31(27(34)24-9-5-17-35-24)16-12-23(22)32(30-25)18-21-10-14-28-15-11-21/h1-3,6-7,10-11,14-15,24H,4-5,8-9,12-13,16-19H2,(H,29,33). The highest BCUT2D eigenvalue weighted by atomic mass is 16.5. The van der Waals surface area contributed by atoms with Crippen LogP contribution in [0.5, 0.6) is 0 Å². The fourth-order valence-electron chi connectivity index (χ4n) is 4.85. The minimum absolute atomic E-state index is 0.0178. The van der Waals surface area contributed by atoms with E-state index in [4.69, 9.17) is 9.84 Å². The number of nitrogens with zero attached hydrogens (tertiary/aromatic N) is 4. The molecule has 2 aliphatic rings. The second-order valence-electron chi connectivity index (χ2n) is 9.14. The summed E-state index contributed by atoms with van der Waals surface area (Å²) < 4.78 is 7.54. The van der Waals surface area contributed by atoms with Gasteiger partial charge in [-0.15, -0.1) is 0 Å². The number of rotatable bonds is 8. The monoisotopic (exact) mass is 473 g/mol. The molecule has 1 atom stereocenters. The molecule has 0 saturated carbocycles. The summed E-state index contributed by atoms with van der Waals surface area (Å²) in [6.07, 6.45) is 7.24. The van der Waals surface area contributed by atoms with Crippen LogP contribution in [0, 0.1) is 0 Å². The van der Waals surface area contributed by atoms with Gasteiger partial charge in [0.05, 0.1) is 6.54 Å². The Morgan fingerprint density at radius 2 is 1.91 bits per heavy atom. The van der Waals surface area contributed by atoms with E-state index in [1.807, 2.05) is 39.9 Å². The second kappa shape index (κ2) is 10.8. The molecule has 2 amide bonds. The number of hydrogen-bond donors (Lipinski definition) is 1. The van der Waals surface area contributed by atoms with Crippen molar-refractivity contribution in [3.63, 3.8) is 0 Å². The first-order valence-electron chi connectivity index (χ1n) is 12.4. The fraction of sp³-hybridized carbons (Fsp3) is 0.407. The SMILES string of the molecule is O=C(NCCCc1ccccc1)c1nn(Cc2ccncc2)c2c1CN(C(=O)C1CCCO1)CC2. The number of pyridine rings is 1. The van der Waals surface area contributed by atoms with Crippen molar-refractivity contribution in [3.8, 4) is 0 Å². The maximum Gasteiger partial charge on any atom is 0.272 e. The van der Waals surface area contributed by atoms with Gasteiger partial charge in [0.2, 0.25) is 0 Å². The van der Waals surface area contributed by atoms with E-state index in [1.165, 1.54) is 5.56 Å². The van der Waals surface area contributed by atoms with Crippen molar-refractivity contribution in [1.82, 2.24) is 25.0 Å². The molecule has 4 heterocycles. The van der Waals surface area contributed by atoms with Crippen molar-refractivity contribution in [2.45, 2.75) is 51.3 Å². The predicted molar refractivity (Wildman–Crippen MR) is 131 cm³/mol. The normalized spacial score (nSPS) is 17.3. The first-order valence-corrected chi connectivity index (χ1v) is 12.4. The predicted octanol–water partition coefficient (Wildman–Crippen LogP) is 2.75. The van der Waals surface area contributed by atoms with Crippen LogP contribution in [0.4, 0.5) is 0 Å². The molecule has 1 saturated heterocycles. The van der Waals surface area contributed by atoms with Crippen LogP contribution in [0.1, 0.15) is 52.1 Å². The molecule has 1 N–H and O–H groups in total. The number of amides is 2. The van der Waals surface area contributed by atoms with Crippen LogP contribution in [-0.2, 0) is 35.5 Å². The lowest BCUT2D eigenvalue weighted by molar-refractivity contribution is -0.141. The molecule has 3 aromatic rings. The molecule has 0 aliphatic carbocycles. The smallest absolute Gasteiger partial charge is 0.272 e. The van der Waals surface area contributed by atoms with Crippen molar-refractivity contribution in [2.24, 2.45) is 0 Å². The number of carbonyl (C=O) groups excluding carboxylic acids is 2. The summed E-state index contributed by atoms with van der Waals surface area (Å²) in [5, 5.41) is 7.77. The molecular formula is C27H31N5O3. The van der Waals surface area contributed by atoms with Crippen molar-refractivity contribution in [3.05, 3.63) is 82.9 Å². The zero-order chi connectivity index (χ0) is 24.0. The summed E-state index contributed by atoms with van der Waals surface area (Å²) in [6, 6.07) is 14.2. The van der Waals surface area contributed by atoms with Crippen LogP contribution >= 0.6 is 0 Å². The Balaban J connectivity index is 1.31. The van der Waals surface area contributed by atoms with Gasteiger partial charge in [-0.25, -0.2) is 0 Å². The molecule has 8 heteroatoms. The minimum Gasteiger partial charge on any atom is -0.368 e. The van der Waals surface area contributed by atoms with E-state index in [1.54, 1.807) is 12.4 Å². The summed E-state index contributed by atoms with van der Waals surface area (Å²) in [5.41, 5.74) is 4.60. The molecule has 2 aromatic heterocycles. The molecule has 5 rings (SSSR count). The lowest BCUT2D eigenvalue weighted by Crippen LogP contribution is -2.42. The number of hydrogen-bond acceptors (Lipinski definition) is 5. The molecule has 0 radical (unpaired) electrons. The number of ether oxygens (including phenoxy) is 1. The molecule has 1 aromatic carbocycles. The van der Waals surface area contributed by atoms with Gasteiger partial charge >= 0.3 is 0 Å². The highest BCUT2D eigenvalue weighted by molar-refractivity contribution is 5.94. The average molecular weight is 474 g/mol. The van der Waals surface area contributed by atoms with E-state index in [0.717, 1.165) is 42.5 Å². The second-order valence-corrected chi connectivity index (χ2v) is 9.14. The van der Waals surface area contributed by atoms with Gasteiger partial charge in [0.15, 0.2) is 5.69 Å². The number of nitrogens with one attached hydrogen (secondary N) is 1. The molecule has 35 heavy (non-hydrogen) atoms. The van der Waals surface area contributed by atoms with Crippen LogP contribution < -0.4 is 5.32 Å². The zero-order valence-corrected chi connectivity index (χ0v) is 19.9. The van der Waals surface area contributed by atoms with Gasteiger partial charge in [-0.1, -0.05) is 30.3 Å². The average Bonchev–Trinajstić information content (AvgIpc) is 3.56. The van der Waals surface area contributed by atoms with Gasteiger partial charge in [-0.05, 0) is 48.9 Å². The third kappa shape index (κ3) is 5.43. The Kier molecular flexibility index (Phi) is 7.18. The number of aryl methyl sites for hydroxylation is 1. The molecule has 182 valence electrons. The van der Waals surface area contributed by atoms with Crippen molar-refractivity contribution in [1.29, 1.82) is 0 Å². The van der Waals surface area contributed by atoms with Gasteiger partial charge in [-0.3, -0.25) is 19.3 Å². The Morgan fingerprint density at radius 3 is 2.69 bits per heavy atom. The number of benzene rings is 1. The summed E-state index contributed by atoms with van der Waals surface area (Å²) in [7, 11) is 0. The van der Waals surface area contributed by atoms with Crippen LogP contribution in [0.15, 0.2) is 54.9 Å². The minimum atomic E-state index is -0.362. The summed E-state index contributed by atoms with van der Waals surface area (Å²) in [6.45, 7) is 2.75. The Hall–Kier alpha value is -3.52. The van der Waals surface area contributed by atoms with E-state index in [0.29, 0.717) is 44.9 Å². The molecule has 0 spiro atoms. The zero-order valence-electron chi connectivity index (χ0n) is 19.9. The first kappa shape index (κ1) is 23.2. The van der Waals surface area contributed by atoms with Crippen molar-refractivity contribution in [2.75, 3.05) is 19.7 Å². The van der Waals surface area contributed by atoms with Crippen LogP contribution in [0.3, 0.4) is 0 Å². The lowest BCUT2D eigenvalue weighted by Gasteiger charge is -2.29. The summed E-state index contributed by atoms with van der Waals surface area (Å²) in [5.74, 6) is -0.168. The van der Waals surface area contributed by atoms with Gasteiger partial charge in [-0.2, -0.15) is 5.10 Å². The number of fused-ring (bicyclic) bond motifs is 1. The summed E-state index contributed by atoms with van der Waals surface area (Å²) in [4.78, 5) is 32.1. The molecule has 2 aliphatic heterocycles. The van der Waals surface area contributed by atoms with Gasteiger partial charge in [0.1, 0.15) is 6.10 Å². The largest absolute Gasteiger partial charge is 0.368 e. The Morgan fingerprint density at radius 1 is 1.09 bits per heavy atom. The maximum absolute atomic E-state index is 13.2. The van der Waals surface area contributed by atoms with E-state index in [9.17, 15) is 9.59 Å². The van der Waals surface area contributed by atoms with Crippen molar-refractivity contribution >= 4 is 11.8 Å². The van der Waals surface area contributed by atoms with Gasteiger partial charge in [0.25, 0.3) is 11.8 Å². The van der Waals surface area contributed by atoms with Crippen LogP contribution in [0.25, 0.3) is 0 Å². The molecule has 1 unspecified atom stereocenters. The lowest BCUT2D eigenvalue weighted by atomic mass is 10.0. The topological polar surface area (TPSA) is 89.4 Å².